The summed E-state index contributed by atoms with van der Waals surface area (Å²) >= 11 is 14.3. The summed E-state index contributed by atoms with van der Waals surface area (Å²) in [5.74, 6) is 10.1. The van der Waals surface area contributed by atoms with Gasteiger partial charge in [0.25, 0.3) is 0 Å². The van der Waals surface area contributed by atoms with Crippen molar-refractivity contribution in [3.05, 3.63) is 100 Å². The van der Waals surface area contributed by atoms with E-state index in [0.717, 1.165) is 99.2 Å². The number of hydrogen-bond acceptors (Lipinski definition) is 9. The predicted octanol–water partition coefficient (Wildman–Crippen LogP) is 9.18. The van der Waals surface area contributed by atoms with E-state index in [-0.39, 0.29) is 6.04 Å². The summed E-state index contributed by atoms with van der Waals surface area (Å²) < 4.78 is 13.0. The molecule has 2 heterocycles. The van der Waals surface area contributed by atoms with Crippen LogP contribution >= 0.6 is 35.0 Å². The fourth-order valence-corrected chi connectivity index (χ4v) is 8.50. The molecule has 8 rings (SSSR count). The fourth-order valence-electron chi connectivity index (χ4n) is 7.80. The second kappa shape index (κ2) is 16.9. The first kappa shape index (κ1) is 37.8. The van der Waals surface area contributed by atoms with Gasteiger partial charge in [0, 0.05) is 105 Å². The Labute approximate surface area is 335 Å². The molecular weight excluding hydrogens is 735 g/mol. The van der Waals surface area contributed by atoms with Gasteiger partial charge in [-0.25, -0.2) is 5.01 Å². The molecule has 4 fully saturated rings. The zero-order valence-electron chi connectivity index (χ0n) is 31.4. The molecule has 11 heteroatoms. The average Bonchev–Trinajstić information content (AvgIpc) is 4.13. The van der Waals surface area contributed by atoms with Crippen molar-refractivity contribution in [2.45, 2.75) is 68.6 Å². The molecule has 2 N–H and O–H groups in total. The number of hydrazine groups is 1. The number of nitrogens with two attached hydrogens (primary N) is 1. The summed E-state index contributed by atoms with van der Waals surface area (Å²) in [7, 11) is 0. The van der Waals surface area contributed by atoms with Crippen molar-refractivity contribution in [2.75, 3.05) is 68.4 Å². The Balaban J connectivity index is 1.02. The quantitative estimate of drug-likeness (QED) is 0.0766. The van der Waals surface area contributed by atoms with E-state index < -0.39 is 0 Å². The first-order chi connectivity index (χ1) is 26.3. The Hall–Kier alpha value is -3.15. The molecule has 0 bridgehead atoms. The van der Waals surface area contributed by atoms with Crippen LogP contribution in [0.3, 0.4) is 0 Å². The average molecular weight is 788 g/mol. The number of ether oxygens (including phenoxy) is 2. The highest BCUT2D eigenvalue weighted by molar-refractivity contribution is 7.98. The molecule has 1 atom stereocenters. The second-order valence-corrected chi connectivity index (χ2v) is 17.0. The van der Waals surface area contributed by atoms with E-state index in [1.807, 2.05) is 23.2 Å². The smallest absolute Gasteiger partial charge is 0.132 e. The molecule has 4 aromatic carbocycles. The van der Waals surface area contributed by atoms with Gasteiger partial charge >= 0.3 is 0 Å². The van der Waals surface area contributed by atoms with Crippen molar-refractivity contribution in [1.82, 2.24) is 14.8 Å². The Bertz CT molecular complexity index is 1890. The number of halogens is 2. The van der Waals surface area contributed by atoms with Crippen LogP contribution in [0.5, 0.6) is 23.0 Å². The molecule has 8 nitrogen and oxygen atoms in total. The molecule has 1 unspecified atom stereocenters. The van der Waals surface area contributed by atoms with Gasteiger partial charge in [0.05, 0.1) is 10.0 Å². The van der Waals surface area contributed by atoms with Crippen LogP contribution in [0.2, 0.25) is 10.0 Å². The molecule has 286 valence electrons. The van der Waals surface area contributed by atoms with Gasteiger partial charge in [0.15, 0.2) is 0 Å². The van der Waals surface area contributed by atoms with Gasteiger partial charge in [-0.15, -0.1) is 11.8 Å². The molecule has 2 aliphatic carbocycles. The van der Waals surface area contributed by atoms with Crippen LogP contribution in [0.25, 0.3) is 0 Å². The van der Waals surface area contributed by atoms with Crippen molar-refractivity contribution in [2.24, 2.45) is 5.84 Å². The highest BCUT2D eigenvalue weighted by atomic mass is 35.5. The summed E-state index contributed by atoms with van der Waals surface area (Å²) in [5.41, 5.74) is 4.60. The SMILES string of the molecule is CSc1ccc(Oc2ccc(N3CCN(C4CC4)CC3)cc2CC(C)N(N)Cc2cc(N3CCN(C4CC4)CC3)ccc2Oc2ccc(Cl)c(Cl)c2)cc1. The van der Waals surface area contributed by atoms with Crippen LogP contribution in [0, 0.1) is 0 Å². The molecular formula is C43H52Cl2N6O2S. The van der Waals surface area contributed by atoms with Gasteiger partial charge in [-0.2, -0.15) is 0 Å². The second-order valence-electron chi connectivity index (χ2n) is 15.3. The van der Waals surface area contributed by atoms with Gasteiger partial charge in [-0.1, -0.05) is 23.2 Å². The lowest BCUT2D eigenvalue weighted by Crippen LogP contribution is -2.47. The monoisotopic (exact) mass is 786 g/mol. The molecule has 2 saturated carbocycles. The zero-order chi connectivity index (χ0) is 37.2. The molecule has 0 spiro atoms. The molecule has 2 aliphatic heterocycles. The Morgan fingerprint density at radius 2 is 1.19 bits per heavy atom. The Kier molecular flexibility index (Phi) is 11.8. The molecule has 0 amide bonds. The number of rotatable bonds is 14. The standard InChI is InChI=1S/C43H52Cl2N6O2S/c1-30(25-31-26-35(49-21-17-47(18-22-49)33-3-4-33)7-15-42(31)52-37-9-12-39(54-2)13-10-37)51(46)29-32-27-36(50-23-19-48(20-24-50)34-5-6-34)8-16-43(32)53-38-11-14-40(44)41(45)28-38/h7-16,26-28,30,33-34H,3-6,17-25,29,46H2,1-2H3. The van der Waals surface area contributed by atoms with Crippen LogP contribution in [0.1, 0.15) is 43.7 Å². The molecule has 0 radical (unpaired) electrons. The van der Waals surface area contributed by atoms with Crippen LogP contribution < -0.4 is 25.1 Å². The van der Waals surface area contributed by atoms with Crippen molar-refractivity contribution in [3.8, 4) is 23.0 Å². The lowest BCUT2D eigenvalue weighted by Gasteiger charge is -2.37. The van der Waals surface area contributed by atoms with E-state index in [1.165, 1.54) is 42.0 Å². The van der Waals surface area contributed by atoms with Crippen molar-refractivity contribution in [1.29, 1.82) is 0 Å². The maximum atomic E-state index is 7.02. The molecule has 4 aromatic rings. The number of thioether (sulfide) groups is 1. The summed E-state index contributed by atoms with van der Waals surface area (Å²) in [4.78, 5) is 11.5. The molecule has 4 aliphatic rings. The maximum Gasteiger partial charge on any atom is 0.132 e. The van der Waals surface area contributed by atoms with Crippen LogP contribution in [-0.4, -0.2) is 91.5 Å². The van der Waals surface area contributed by atoms with Gasteiger partial charge in [-0.3, -0.25) is 15.6 Å². The van der Waals surface area contributed by atoms with Crippen LogP contribution in [0.15, 0.2) is 83.8 Å². The minimum absolute atomic E-state index is 0.00301. The third-order valence-electron chi connectivity index (χ3n) is 11.4. The van der Waals surface area contributed by atoms with Crippen molar-refractivity contribution < 1.29 is 9.47 Å². The van der Waals surface area contributed by atoms with E-state index in [2.05, 4.69) is 81.3 Å². The third kappa shape index (κ3) is 9.27. The van der Waals surface area contributed by atoms with E-state index in [1.54, 1.807) is 23.9 Å². The van der Waals surface area contributed by atoms with Gasteiger partial charge in [0.2, 0.25) is 0 Å². The topological polar surface area (TPSA) is 60.7 Å². The maximum absolute atomic E-state index is 7.02. The summed E-state index contributed by atoms with van der Waals surface area (Å²) in [6.07, 6.45) is 8.20. The number of piperazine rings is 2. The molecule has 54 heavy (non-hydrogen) atoms. The summed E-state index contributed by atoms with van der Waals surface area (Å²) in [6.45, 7) is 11.2. The van der Waals surface area contributed by atoms with Crippen molar-refractivity contribution in [3.63, 3.8) is 0 Å². The van der Waals surface area contributed by atoms with Gasteiger partial charge in [-0.05, 0) is 124 Å². The fraction of sp³-hybridized carbons (Fsp3) is 0.442. The van der Waals surface area contributed by atoms with Crippen LogP contribution in [0.4, 0.5) is 11.4 Å². The van der Waals surface area contributed by atoms with Crippen molar-refractivity contribution >= 4 is 46.3 Å². The highest BCUT2D eigenvalue weighted by Gasteiger charge is 2.32. The predicted molar refractivity (Wildman–Crippen MR) is 224 cm³/mol. The molecule has 0 aromatic heterocycles. The lowest BCUT2D eigenvalue weighted by atomic mass is 10.0. The van der Waals surface area contributed by atoms with E-state index in [4.69, 9.17) is 38.5 Å². The Morgan fingerprint density at radius 3 is 1.72 bits per heavy atom. The number of hydrogen-bond donors (Lipinski definition) is 1. The Morgan fingerprint density at radius 1 is 0.667 bits per heavy atom. The van der Waals surface area contributed by atoms with E-state index in [9.17, 15) is 0 Å². The summed E-state index contributed by atoms with van der Waals surface area (Å²) in [6, 6.07) is 28.5. The molecule has 2 saturated heterocycles. The lowest BCUT2D eigenvalue weighted by molar-refractivity contribution is 0.201. The highest BCUT2D eigenvalue weighted by Crippen LogP contribution is 2.37. The number of anilines is 2. The van der Waals surface area contributed by atoms with Gasteiger partial charge < -0.3 is 19.3 Å². The first-order valence-corrected chi connectivity index (χ1v) is 21.5. The minimum atomic E-state index is -0.00301. The number of benzene rings is 4. The van der Waals surface area contributed by atoms with E-state index in [0.29, 0.717) is 22.3 Å². The first-order valence-electron chi connectivity index (χ1n) is 19.5. The largest absolute Gasteiger partial charge is 0.457 e. The van der Waals surface area contributed by atoms with Gasteiger partial charge in [0.1, 0.15) is 23.0 Å². The minimum Gasteiger partial charge on any atom is -0.457 e. The normalized spacial score (nSPS) is 19.0. The number of nitrogens with zero attached hydrogens (tertiary/aromatic N) is 5. The van der Waals surface area contributed by atoms with Crippen LogP contribution in [-0.2, 0) is 13.0 Å². The van der Waals surface area contributed by atoms with E-state index >= 15 is 0 Å². The summed E-state index contributed by atoms with van der Waals surface area (Å²) in [5, 5.41) is 2.89. The zero-order valence-corrected chi connectivity index (χ0v) is 33.8. The third-order valence-corrected chi connectivity index (χ3v) is 12.9.